The van der Waals surface area contributed by atoms with E-state index in [1.165, 1.54) is 11.3 Å². The van der Waals surface area contributed by atoms with Gasteiger partial charge in [0.1, 0.15) is 4.88 Å². The number of ether oxygens (including phenoxy) is 1. The molecule has 0 aliphatic rings. The molecule has 1 aromatic carbocycles. The Balaban J connectivity index is 1.73. The zero-order chi connectivity index (χ0) is 16.2. The van der Waals surface area contributed by atoms with Gasteiger partial charge >= 0.3 is 5.97 Å². The van der Waals surface area contributed by atoms with Crippen molar-refractivity contribution in [2.24, 2.45) is 5.10 Å². The maximum atomic E-state index is 11.8. The highest BCUT2D eigenvalue weighted by Gasteiger charge is 2.15. The molecule has 0 radical (unpaired) electrons. The second-order valence-electron chi connectivity index (χ2n) is 4.81. The Kier molecular flexibility index (Phi) is 4.38. The number of nitrogens with zero attached hydrogens (tertiary/aromatic N) is 2. The number of aromatic nitrogens is 2. The van der Waals surface area contributed by atoms with E-state index in [4.69, 9.17) is 4.74 Å². The van der Waals surface area contributed by atoms with Gasteiger partial charge in [-0.2, -0.15) is 5.10 Å². The fourth-order valence-electron chi connectivity index (χ4n) is 2.19. The lowest BCUT2D eigenvalue weighted by Crippen LogP contribution is -2.03. The SMILES string of the molecule is CCOC(=O)c1sc(N/N=C\c2c[nH]c3ccccc23)nc1C. The number of benzene rings is 1. The number of aromatic amines is 1. The zero-order valence-corrected chi connectivity index (χ0v) is 13.6. The summed E-state index contributed by atoms with van der Waals surface area (Å²) in [5.41, 5.74) is 5.54. The largest absolute Gasteiger partial charge is 0.462 e. The van der Waals surface area contributed by atoms with Crippen molar-refractivity contribution < 1.29 is 9.53 Å². The lowest BCUT2D eigenvalue weighted by molar-refractivity contribution is 0.0531. The monoisotopic (exact) mass is 328 g/mol. The predicted octanol–water partition coefficient (Wildman–Crippen LogP) is 3.56. The van der Waals surface area contributed by atoms with E-state index < -0.39 is 0 Å². The van der Waals surface area contributed by atoms with E-state index in [0.29, 0.717) is 22.3 Å². The number of rotatable bonds is 5. The van der Waals surface area contributed by atoms with Gasteiger partial charge in [-0.3, -0.25) is 5.43 Å². The maximum absolute atomic E-state index is 11.8. The molecule has 3 rings (SSSR count). The van der Waals surface area contributed by atoms with Crippen LogP contribution in [-0.4, -0.2) is 28.8 Å². The Labute approximate surface area is 137 Å². The van der Waals surface area contributed by atoms with Crippen LogP contribution in [-0.2, 0) is 4.74 Å². The smallest absolute Gasteiger partial charge is 0.350 e. The van der Waals surface area contributed by atoms with Crippen LogP contribution < -0.4 is 5.43 Å². The number of esters is 1. The summed E-state index contributed by atoms with van der Waals surface area (Å²) in [4.78, 5) is 19.7. The number of para-hydroxylation sites is 1. The van der Waals surface area contributed by atoms with Crippen LogP contribution in [0.3, 0.4) is 0 Å². The highest BCUT2D eigenvalue weighted by Crippen LogP contribution is 2.23. The van der Waals surface area contributed by atoms with Gasteiger partial charge in [0, 0.05) is 22.7 Å². The van der Waals surface area contributed by atoms with E-state index in [9.17, 15) is 4.79 Å². The summed E-state index contributed by atoms with van der Waals surface area (Å²) < 4.78 is 4.99. The summed E-state index contributed by atoms with van der Waals surface area (Å²) in [5.74, 6) is -0.351. The molecule has 6 nitrogen and oxygen atoms in total. The molecule has 0 aliphatic heterocycles. The molecule has 0 amide bonds. The van der Waals surface area contributed by atoms with E-state index in [-0.39, 0.29) is 5.97 Å². The average Bonchev–Trinajstić information content (AvgIpc) is 3.12. The zero-order valence-electron chi connectivity index (χ0n) is 12.8. The molecule has 0 aliphatic carbocycles. The molecule has 118 valence electrons. The number of H-pyrrole nitrogens is 1. The van der Waals surface area contributed by atoms with Crippen LogP contribution in [0.4, 0.5) is 5.13 Å². The lowest BCUT2D eigenvalue weighted by Gasteiger charge is -1.97. The quantitative estimate of drug-likeness (QED) is 0.426. The van der Waals surface area contributed by atoms with Crippen LogP contribution >= 0.6 is 11.3 Å². The molecule has 2 N–H and O–H groups in total. The molecule has 2 aromatic heterocycles. The van der Waals surface area contributed by atoms with Gasteiger partial charge in [-0.1, -0.05) is 29.5 Å². The van der Waals surface area contributed by atoms with E-state index in [2.05, 4.69) is 20.5 Å². The molecule has 7 heteroatoms. The first-order valence-corrected chi connectivity index (χ1v) is 8.00. The van der Waals surface area contributed by atoms with Crippen molar-refractivity contribution in [3.63, 3.8) is 0 Å². The lowest BCUT2D eigenvalue weighted by atomic mass is 10.2. The molecule has 0 bridgehead atoms. The van der Waals surface area contributed by atoms with Crippen molar-refractivity contribution in [3.05, 3.63) is 46.6 Å². The van der Waals surface area contributed by atoms with Gasteiger partial charge < -0.3 is 9.72 Å². The summed E-state index contributed by atoms with van der Waals surface area (Å²) in [7, 11) is 0. The van der Waals surface area contributed by atoms with Crippen molar-refractivity contribution in [2.45, 2.75) is 13.8 Å². The van der Waals surface area contributed by atoms with Crippen LogP contribution in [0.1, 0.15) is 27.9 Å². The number of hydrazone groups is 1. The first kappa shape index (κ1) is 15.2. The minimum absolute atomic E-state index is 0.345. The Morgan fingerprint density at radius 2 is 2.30 bits per heavy atom. The Morgan fingerprint density at radius 3 is 3.13 bits per heavy atom. The number of aryl methyl sites for hydroxylation is 1. The number of carbonyl (C=O) groups is 1. The maximum Gasteiger partial charge on any atom is 0.350 e. The first-order valence-electron chi connectivity index (χ1n) is 7.18. The number of hydrogen-bond donors (Lipinski definition) is 2. The molecule has 2 heterocycles. The Bertz CT molecular complexity index is 866. The van der Waals surface area contributed by atoms with Crippen LogP contribution in [0.5, 0.6) is 0 Å². The van der Waals surface area contributed by atoms with Gasteiger partial charge in [-0.15, -0.1) is 0 Å². The van der Waals surface area contributed by atoms with Gasteiger partial charge in [0.2, 0.25) is 5.13 Å². The number of nitrogens with one attached hydrogen (secondary N) is 2. The van der Waals surface area contributed by atoms with Crippen LogP contribution in [0.2, 0.25) is 0 Å². The Morgan fingerprint density at radius 1 is 1.48 bits per heavy atom. The predicted molar refractivity (Wildman–Crippen MR) is 92.3 cm³/mol. The summed E-state index contributed by atoms with van der Waals surface area (Å²) >= 11 is 1.23. The fourth-order valence-corrected chi connectivity index (χ4v) is 3.00. The third kappa shape index (κ3) is 3.24. The number of fused-ring (bicyclic) bond motifs is 1. The van der Waals surface area contributed by atoms with Crippen molar-refractivity contribution in [1.29, 1.82) is 0 Å². The fraction of sp³-hybridized carbons (Fsp3) is 0.188. The van der Waals surface area contributed by atoms with Gasteiger partial charge in [0.05, 0.1) is 18.5 Å². The summed E-state index contributed by atoms with van der Waals surface area (Å²) in [6, 6.07) is 8.00. The topological polar surface area (TPSA) is 79.4 Å². The third-order valence-electron chi connectivity index (χ3n) is 3.24. The van der Waals surface area contributed by atoms with Crippen molar-refractivity contribution in [3.8, 4) is 0 Å². The van der Waals surface area contributed by atoms with E-state index in [0.717, 1.165) is 16.5 Å². The van der Waals surface area contributed by atoms with Crippen molar-refractivity contribution in [2.75, 3.05) is 12.0 Å². The van der Waals surface area contributed by atoms with Gasteiger partial charge in [-0.25, -0.2) is 9.78 Å². The summed E-state index contributed by atoms with van der Waals surface area (Å²) in [6.45, 7) is 3.90. The minimum Gasteiger partial charge on any atom is -0.462 e. The summed E-state index contributed by atoms with van der Waals surface area (Å²) in [6.07, 6.45) is 3.62. The van der Waals surface area contributed by atoms with Crippen LogP contribution in [0.25, 0.3) is 10.9 Å². The highest BCUT2D eigenvalue weighted by molar-refractivity contribution is 7.17. The van der Waals surface area contributed by atoms with Gasteiger partial charge in [0.25, 0.3) is 0 Å². The van der Waals surface area contributed by atoms with Crippen LogP contribution in [0.15, 0.2) is 35.6 Å². The molecule has 0 saturated carbocycles. The standard InChI is InChI=1S/C16H16N4O2S/c1-3-22-15(21)14-10(2)19-16(23-14)20-18-9-11-8-17-13-7-5-4-6-12(11)13/h4-9,17H,3H2,1-2H3,(H,19,20)/b18-9-. The molecule has 0 spiro atoms. The number of carbonyl (C=O) groups excluding carboxylic acids is 1. The number of anilines is 1. The van der Waals surface area contributed by atoms with Crippen LogP contribution in [0, 0.1) is 6.92 Å². The Hall–Kier alpha value is -2.67. The molecule has 0 fully saturated rings. The molecule has 0 atom stereocenters. The van der Waals surface area contributed by atoms with Gasteiger partial charge in [0.15, 0.2) is 0 Å². The number of thiazole rings is 1. The second-order valence-corrected chi connectivity index (χ2v) is 5.81. The van der Waals surface area contributed by atoms with E-state index in [1.807, 2.05) is 30.5 Å². The first-order chi connectivity index (χ1) is 11.2. The highest BCUT2D eigenvalue weighted by atomic mass is 32.1. The molecular formula is C16H16N4O2S. The van der Waals surface area contributed by atoms with Crippen molar-refractivity contribution in [1.82, 2.24) is 9.97 Å². The van der Waals surface area contributed by atoms with Gasteiger partial charge in [-0.05, 0) is 19.9 Å². The second kappa shape index (κ2) is 6.62. The average molecular weight is 328 g/mol. The molecule has 23 heavy (non-hydrogen) atoms. The molecular weight excluding hydrogens is 312 g/mol. The molecule has 0 saturated heterocycles. The molecule has 3 aromatic rings. The van der Waals surface area contributed by atoms with Crippen molar-refractivity contribution >= 4 is 39.6 Å². The van der Waals surface area contributed by atoms with E-state index >= 15 is 0 Å². The molecule has 0 unspecified atom stereocenters. The summed E-state index contributed by atoms with van der Waals surface area (Å²) in [5, 5.41) is 5.85. The normalized spacial score (nSPS) is 11.2. The third-order valence-corrected chi connectivity index (χ3v) is 4.28. The minimum atomic E-state index is -0.351. The number of hydrogen-bond acceptors (Lipinski definition) is 6. The van der Waals surface area contributed by atoms with E-state index in [1.54, 1.807) is 20.1 Å².